The number of hydrogen-bond donors (Lipinski definition) is 1. The summed E-state index contributed by atoms with van der Waals surface area (Å²) in [6.07, 6.45) is 1.89. The Bertz CT molecular complexity index is 808. The van der Waals surface area contributed by atoms with Gasteiger partial charge in [-0.15, -0.1) is 0 Å². The van der Waals surface area contributed by atoms with Gasteiger partial charge >= 0.3 is 0 Å². The molecule has 0 aromatic heterocycles. The van der Waals surface area contributed by atoms with Gasteiger partial charge < -0.3 is 5.32 Å². The van der Waals surface area contributed by atoms with Gasteiger partial charge in [0.05, 0.1) is 6.26 Å². The second-order valence-electron chi connectivity index (χ2n) is 6.06. The van der Waals surface area contributed by atoms with Crippen LogP contribution >= 0.6 is 0 Å². The molecule has 0 aliphatic heterocycles. The lowest BCUT2D eigenvalue weighted by Gasteiger charge is -2.19. The predicted molar refractivity (Wildman–Crippen MR) is 99.4 cm³/mol. The van der Waals surface area contributed by atoms with Gasteiger partial charge in [0, 0.05) is 26.1 Å². The average molecular weight is 378 g/mol. The van der Waals surface area contributed by atoms with E-state index in [1.54, 1.807) is 0 Å². The van der Waals surface area contributed by atoms with Crippen LogP contribution in [0.5, 0.6) is 0 Å². The number of benzene rings is 2. The molecule has 140 valence electrons. The van der Waals surface area contributed by atoms with Crippen LogP contribution in [-0.4, -0.2) is 38.0 Å². The average Bonchev–Trinajstić information content (AvgIpc) is 2.60. The molecule has 0 bridgehead atoms. The molecule has 2 aromatic rings. The fraction of sp³-hybridized carbons (Fsp3) is 0.316. The van der Waals surface area contributed by atoms with Gasteiger partial charge in [-0.2, -0.15) is 4.31 Å². The second kappa shape index (κ2) is 9.45. The van der Waals surface area contributed by atoms with E-state index < -0.39 is 10.0 Å². The van der Waals surface area contributed by atoms with Gasteiger partial charge in [-0.3, -0.25) is 4.79 Å². The Balaban J connectivity index is 1.82. The topological polar surface area (TPSA) is 66.5 Å². The lowest BCUT2D eigenvalue weighted by molar-refractivity contribution is -0.121. The molecule has 0 saturated carbocycles. The van der Waals surface area contributed by atoms with Crippen molar-refractivity contribution in [1.29, 1.82) is 0 Å². The summed E-state index contributed by atoms with van der Waals surface area (Å²) in [7, 11) is -3.47. The smallest absolute Gasteiger partial charge is 0.221 e. The van der Waals surface area contributed by atoms with E-state index in [0.717, 1.165) is 18.2 Å². The van der Waals surface area contributed by atoms with Crippen molar-refractivity contribution >= 4 is 15.9 Å². The van der Waals surface area contributed by atoms with Gasteiger partial charge in [0.1, 0.15) is 5.82 Å². The first-order valence-electron chi connectivity index (χ1n) is 8.35. The lowest BCUT2D eigenvalue weighted by Crippen LogP contribution is -2.34. The largest absolute Gasteiger partial charge is 0.356 e. The molecule has 0 aliphatic carbocycles. The Labute approximate surface area is 153 Å². The number of halogens is 1. The molecule has 0 radical (unpaired) electrons. The Morgan fingerprint density at radius 2 is 1.69 bits per heavy atom. The van der Waals surface area contributed by atoms with Crippen molar-refractivity contribution in [3.05, 3.63) is 71.5 Å². The van der Waals surface area contributed by atoms with Crippen molar-refractivity contribution in [2.24, 2.45) is 0 Å². The maximum atomic E-state index is 13.0. The number of carbonyl (C=O) groups excluding carboxylic acids is 1. The highest BCUT2D eigenvalue weighted by Crippen LogP contribution is 2.10. The fourth-order valence-electron chi connectivity index (χ4n) is 2.46. The molecule has 1 amide bonds. The molecule has 26 heavy (non-hydrogen) atoms. The van der Waals surface area contributed by atoms with E-state index in [1.165, 1.54) is 28.6 Å². The zero-order valence-electron chi connectivity index (χ0n) is 14.7. The minimum absolute atomic E-state index is 0.0725. The molecule has 0 atom stereocenters. The summed E-state index contributed by atoms with van der Waals surface area (Å²) in [5.74, 6) is -0.578. The molecule has 0 aliphatic rings. The van der Waals surface area contributed by atoms with Crippen LogP contribution in [-0.2, 0) is 27.8 Å². The van der Waals surface area contributed by atoms with Crippen LogP contribution in [0.25, 0.3) is 0 Å². The number of nitrogens with zero attached hydrogens (tertiary/aromatic N) is 1. The summed E-state index contributed by atoms with van der Waals surface area (Å²) in [6.45, 7) is 0.684. The third-order valence-corrected chi connectivity index (χ3v) is 5.16. The van der Waals surface area contributed by atoms with E-state index in [9.17, 15) is 17.6 Å². The maximum Gasteiger partial charge on any atom is 0.221 e. The van der Waals surface area contributed by atoms with Gasteiger partial charge in [-0.1, -0.05) is 42.5 Å². The number of amides is 1. The van der Waals surface area contributed by atoms with Crippen molar-refractivity contribution in [3.8, 4) is 0 Å². The van der Waals surface area contributed by atoms with Crippen molar-refractivity contribution in [2.45, 2.75) is 19.4 Å². The molecule has 0 unspecified atom stereocenters. The standard InChI is InChI=1S/C19H23FN2O3S/c1-26(24,25)22(15-17-7-9-18(20)10-8-17)14-12-19(23)21-13-11-16-5-3-2-4-6-16/h2-10H,11-15H2,1H3,(H,21,23). The summed E-state index contributed by atoms with van der Waals surface area (Å²) in [4.78, 5) is 12.0. The van der Waals surface area contributed by atoms with Crippen molar-refractivity contribution < 1.29 is 17.6 Å². The van der Waals surface area contributed by atoms with Crippen LogP contribution in [0.4, 0.5) is 4.39 Å². The molecular formula is C19H23FN2O3S. The molecule has 1 N–H and O–H groups in total. The van der Waals surface area contributed by atoms with E-state index in [1.807, 2.05) is 30.3 Å². The summed E-state index contributed by atoms with van der Waals surface area (Å²) in [6, 6.07) is 15.4. The van der Waals surface area contributed by atoms with Crippen molar-refractivity contribution in [2.75, 3.05) is 19.3 Å². The fourth-order valence-corrected chi connectivity index (χ4v) is 3.27. The Morgan fingerprint density at radius 1 is 1.04 bits per heavy atom. The predicted octanol–water partition coefficient (Wildman–Crippen LogP) is 2.34. The van der Waals surface area contributed by atoms with Crippen LogP contribution in [0, 0.1) is 5.82 Å². The molecule has 2 rings (SSSR count). The molecule has 0 heterocycles. The van der Waals surface area contributed by atoms with E-state index in [0.29, 0.717) is 12.1 Å². The first kappa shape index (κ1) is 20.1. The van der Waals surface area contributed by atoms with Crippen molar-refractivity contribution in [1.82, 2.24) is 9.62 Å². The van der Waals surface area contributed by atoms with Gasteiger partial charge in [-0.05, 0) is 29.7 Å². The first-order chi connectivity index (χ1) is 12.3. The molecular weight excluding hydrogens is 355 g/mol. The Hall–Kier alpha value is -2.25. The van der Waals surface area contributed by atoms with Gasteiger partial charge in [0.2, 0.25) is 15.9 Å². The molecule has 0 fully saturated rings. The van der Waals surface area contributed by atoms with E-state index in [4.69, 9.17) is 0 Å². The molecule has 5 nitrogen and oxygen atoms in total. The Morgan fingerprint density at radius 3 is 2.31 bits per heavy atom. The third-order valence-electron chi connectivity index (χ3n) is 3.91. The quantitative estimate of drug-likeness (QED) is 0.728. The number of hydrogen-bond acceptors (Lipinski definition) is 3. The van der Waals surface area contributed by atoms with Gasteiger partial charge in [-0.25, -0.2) is 12.8 Å². The van der Waals surface area contributed by atoms with Crippen LogP contribution in [0.3, 0.4) is 0 Å². The summed E-state index contributed by atoms with van der Waals surface area (Å²) in [5, 5.41) is 2.80. The maximum absolute atomic E-state index is 13.0. The van der Waals surface area contributed by atoms with Crippen LogP contribution in [0.1, 0.15) is 17.5 Å². The lowest BCUT2D eigenvalue weighted by atomic mass is 10.1. The zero-order valence-corrected chi connectivity index (χ0v) is 15.5. The highest BCUT2D eigenvalue weighted by atomic mass is 32.2. The van der Waals surface area contributed by atoms with Crippen LogP contribution in [0.15, 0.2) is 54.6 Å². The normalized spacial score (nSPS) is 11.5. The minimum atomic E-state index is -3.47. The van der Waals surface area contributed by atoms with Crippen LogP contribution < -0.4 is 5.32 Å². The Kier molecular flexibility index (Phi) is 7.29. The minimum Gasteiger partial charge on any atom is -0.356 e. The first-order valence-corrected chi connectivity index (χ1v) is 10.2. The highest BCUT2D eigenvalue weighted by Gasteiger charge is 2.18. The monoisotopic (exact) mass is 378 g/mol. The summed E-state index contributed by atoms with van der Waals surface area (Å²) >= 11 is 0. The molecule has 0 spiro atoms. The second-order valence-corrected chi connectivity index (χ2v) is 8.04. The van der Waals surface area contributed by atoms with E-state index in [-0.39, 0.29) is 31.2 Å². The highest BCUT2D eigenvalue weighted by molar-refractivity contribution is 7.88. The summed E-state index contributed by atoms with van der Waals surface area (Å²) in [5.41, 5.74) is 1.79. The summed E-state index contributed by atoms with van der Waals surface area (Å²) < 4.78 is 38.1. The molecule has 2 aromatic carbocycles. The molecule has 0 saturated heterocycles. The van der Waals surface area contributed by atoms with Gasteiger partial charge in [0.25, 0.3) is 0 Å². The number of carbonyl (C=O) groups is 1. The third kappa shape index (κ3) is 6.93. The number of rotatable bonds is 9. The number of nitrogens with one attached hydrogen (secondary N) is 1. The van der Waals surface area contributed by atoms with E-state index in [2.05, 4.69) is 5.32 Å². The SMILES string of the molecule is CS(=O)(=O)N(CCC(=O)NCCc1ccccc1)Cc1ccc(F)cc1. The zero-order chi connectivity index (χ0) is 19.0. The number of sulfonamides is 1. The molecule has 7 heteroatoms. The van der Waals surface area contributed by atoms with Crippen LogP contribution in [0.2, 0.25) is 0 Å². The van der Waals surface area contributed by atoms with Crippen molar-refractivity contribution in [3.63, 3.8) is 0 Å². The van der Waals surface area contributed by atoms with Gasteiger partial charge in [0.15, 0.2) is 0 Å². The van der Waals surface area contributed by atoms with E-state index >= 15 is 0 Å².